The van der Waals surface area contributed by atoms with Crippen LogP contribution in [0.15, 0.2) is 18.2 Å². The van der Waals surface area contributed by atoms with Gasteiger partial charge in [0, 0.05) is 17.8 Å². The predicted octanol–water partition coefficient (Wildman–Crippen LogP) is 4.42. The standard InChI is InChI=1S/C14H19ClFNS/c1-10(11-5-6-14(16)13(15)8-11)17-9-12-4-2-3-7-18-12/h5-6,8,10,12,17H,2-4,7,9H2,1H3. The molecule has 4 heteroatoms. The molecule has 1 heterocycles. The van der Waals surface area contributed by atoms with Crippen LogP contribution in [0.4, 0.5) is 4.39 Å². The lowest BCUT2D eigenvalue weighted by Crippen LogP contribution is -2.29. The fourth-order valence-electron chi connectivity index (χ4n) is 2.18. The zero-order valence-electron chi connectivity index (χ0n) is 10.6. The number of thioether (sulfide) groups is 1. The van der Waals surface area contributed by atoms with E-state index < -0.39 is 0 Å². The van der Waals surface area contributed by atoms with E-state index in [0.29, 0.717) is 0 Å². The molecular formula is C14H19ClFNS. The summed E-state index contributed by atoms with van der Waals surface area (Å²) in [6, 6.07) is 5.16. The summed E-state index contributed by atoms with van der Waals surface area (Å²) in [4.78, 5) is 0. The van der Waals surface area contributed by atoms with Crippen molar-refractivity contribution in [3.63, 3.8) is 0 Å². The largest absolute Gasteiger partial charge is 0.309 e. The Morgan fingerprint density at radius 3 is 3.00 bits per heavy atom. The maximum absolute atomic E-state index is 13.1. The molecule has 1 aliphatic rings. The van der Waals surface area contributed by atoms with E-state index in [1.54, 1.807) is 12.1 Å². The first kappa shape index (κ1) is 14.2. The molecule has 0 aliphatic carbocycles. The molecule has 0 aromatic heterocycles. The molecule has 1 aromatic carbocycles. The zero-order chi connectivity index (χ0) is 13.0. The molecule has 0 spiro atoms. The minimum absolute atomic E-state index is 0.202. The van der Waals surface area contributed by atoms with E-state index in [2.05, 4.69) is 24.0 Å². The highest BCUT2D eigenvalue weighted by Crippen LogP contribution is 2.25. The van der Waals surface area contributed by atoms with Gasteiger partial charge in [0.05, 0.1) is 5.02 Å². The lowest BCUT2D eigenvalue weighted by atomic mass is 10.1. The summed E-state index contributed by atoms with van der Waals surface area (Å²) in [5.74, 6) is 0.929. The second kappa shape index (κ2) is 6.78. The maximum Gasteiger partial charge on any atom is 0.141 e. The maximum atomic E-state index is 13.1. The van der Waals surface area contributed by atoms with Crippen molar-refractivity contribution in [1.82, 2.24) is 5.32 Å². The second-order valence-corrected chi connectivity index (χ2v) is 6.61. The molecule has 2 rings (SSSR count). The van der Waals surface area contributed by atoms with Crippen LogP contribution in [0.2, 0.25) is 5.02 Å². The first-order chi connectivity index (χ1) is 8.66. The number of nitrogens with one attached hydrogen (secondary N) is 1. The Bertz CT molecular complexity index is 393. The summed E-state index contributed by atoms with van der Waals surface area (Å²) in [5.41, 5.74) is 1.04. The van der Waals surface area contributed by atoms with Crippen LogP contribution < -0.4 is 5.32 Å². The van der Waals surface area contributed by atoms with Gasteiger partial charge in [-0.1, -0.05) is 24.1 Å². The van der Waals surface area contributed by atoms with Crippen LogP contribution in [0.3, 0.4) is 0 Å². The van der Waals surface area contributed by atoms with E-state index in [4.69, 9.17) is 11.6 Å². The molecular weight excluding hydrogens is 269 g/mol. The Morgan fingerprint density at radius 1 is 1.50 bits per heavy atom. The van der Waals surface area contributed by atoms with Gasteiger partial charge in [0.1, 0.15) is 5.82 Å². The average molecular weight is 288 g/mol. The quantitative estimate of drug-likeness (QED) is 0.880. The normalized spacial score (nSPS) is 21.8. The number of hydrogen-bond acceptors (Lipinski definition) is 2. The molecule has 1 saturated heterocycles. The third kappa shape index (κ3) is 3.87. The van der Waals surface area contributed by atoms with Gasteiger partial charge in [-0.3, -0.25) is 0 Å². The van der Waals surface area contributed by atoms with Gasteiger partial charge >= 0.3 is 0 Å². The van der Waals surface area contributed by atoms with E-state index in [1.807, 2.05) is 0 Å². The molecule has 100 valence electrons. The summed E-state index contributed by atoms with van der Waals surface area (Å²) in [5, 5.41) is 4.43. The molecule has 0 radical (unpaired) electrons. The summed E-state index contributed by atoms with van der Waals surface area (Å²) < 4.78 is 13.1. The van der Waals surface area contributed by atoms with Crippen molar-refractivity contribution in [1.29, 1.82) is 0 Å². The van der Waals surface area contributed by atoms with Crippen molar-refractivity contribution in [3.05, 3.63) is 34.6 Å². The van der Waals surface area contributed by atoms with Crippen LogP contribution >= 0.6 is 23.4 Å². The van der Waals surface area contributed by atoms with E-state index in [1.165, 1.54) is 31.1 Å². The predicted molar refractivity (Wildman–Crippen MR) is 77.9 cm³/mol. The fraction of sp³-hybridized carbons (Fsp3) is 0.571. The first-order valence-corrected chi connectivity index (χ1v) is 7.89. The zero-order valence-corrected chi connectivity index (χ0v) is 12.2. The van der Waals surface area contributed by atoms with Crippen LogP contribution in [0.1, 0.15) is 37.8 Å². The summed E-state index contributed by atoms with van der Waals surface area (Å²) in [6.07, 6.45) is 3.99. The Kier molecular flexibility index (Phi) is 5.34. The molecule has 18 heavy (non-hydrogen) atoms. The molecule has 0 bridgehead atoms. The summed E-state index contributed by atoms with van der Waals surface area (Å²) >= 11 is 7.86. The van der Waals surface area contributed by atoms with Crippen LogP contribution in [0, 0.1) is 5.82 Å². The SMILES string of the molecule is CC(NCC1CCCCS1)c1ccc(F)c(Cl)c1. The molecule has 1 N–H and O–H groups in total. The van der Waals surface area contributed by atoms with Gasteiger partial charge in [0.15, 0.2) is 0 Å². The van der Waals surface area contributed by atoms with Gasteiger partial charge in [-0.2, -0.15) is 11.8 Å². The van der Waals surface area contributed by atoms with Gasteiger partial charge in [-0.05, 0) is 43.2 Å². The first-order valence-electron chi connectivity index (χ1n) is 6.47. The van der Waals surface area contributed by atoms with E-state index >= 15 is 0 Å². The van der Waals surface area contributed by atoms with E-state index in [-0.39, 0.29) is 16.9 Å². The summed E-state index contributed by atoms with van der Waals surface area (Å²) in [7, 11) is 0. The lowest BCUT2D eigenvalue weighted by Gasteiger charge is -2.24. The Hall–Kier alpha value is -0.250. The lowest BCUT2D eigenvalue weighted by molar-refractivity contribution is 0.537. The Balaban J connectivity index is 1.86. The number of rotatable bonds is 4. The molecule has 1 nitrogen and oxygen atoms in total. The van der Waals surface area contributed by atoms with Crippen molar-refractivity contribution in [2.45, 2.75) is 37.5 Å². The highest BCUT2D eigenvalue weighted by molar-refractivity contribution is 7.99. The monoisotopic (exact) mass is 287 g/mol. The fourth-order valence-corrected chi connectivity index (χ4v) is 3.62. The van der Waals surface area contributed by atoms with Crippen molar-refractivity contribution >= 4 is 23.4 Å². The Labute approximate surface area is 117 Å². The molecule has 2 unspecified atom stereocenters. The summed E-state index contributed by atoms with van der Waals surface area (Å²) in [6.45, 7) is 3.11. The number of benzene rings is 1. The van der Waals surface area contributed by atoms with Gasteiger partial charge in [-0.25, -0.2) is 4.39 Å². The molecule has 1 aliphatic heterocycles. The van der Waals surface area contributed by atoms with Gasteiger partial charge in [0.2, 0.25) is 0 Å². The average Bonchev–Trinajstić information content (AvgIpc) is 2.40. The van der Waals surface area contributed by atoms with Crippen LogP contribution in [0.25, 0.3) is 0 Å². The van der Waals surface area contributed by atoms with E-state index in [9.17, 15) is 4.39 Å². The van der Waals surface area contributed by atoms with Gasteiger partial charge < -0.3 is 5.32 Å². The topological polar surface area (TPSA) is 12.0 Å². The van der Waals surface area contributed by atoms with Gasteiger partial charge in [0.25, 0.3) is 0 Å². The molecule has 0 saturated carbocycles. The molecule has 1 fully saturated rings. The highest BCUT2D eigenvalue weighted by atomic mass is 35.5. The minimum atomic E-state index is -0.351. The molecule has 0 amide bonds. The smallest absolute Gasteiger partial charge is 0.141 e. The van der Waals surface area contributed by atoms with Crippen molar-refractivity contribution in [2.75, 3.05) is 12.3 Å². The van der Waals surface area contributed by atoms with Crippen molar-refractivity contribution in [3.8, 4) is 0 Å². The second-order valence-electron chi connectivity index (χ2n) is 4.79. The number of hydrogen-bond donors (Lipinski definition) is 1. The molecule has 1 aromatic rings. The highest BCUT2D eigenvalue weighted by Gasteiger charge is 2.15. The van der Waals surface area contributed by atoms with Crippen molar-refractivity contribution < 1.29 is 4.39 Å². The van der Waals surface area contributed by atoms with Crippen LogP contribution in [-0.2, 0) is 0 Å². The number of halogens is 2. The Morgan fingerprint density at radius 2 is 2.33 bits per heavy atom. The third-order valence-corrected chi connectivity index (χ3v) is 5.06. The minimum Gasteiger partial charge on any atom is -0.309 e. The van der Waals surface area contributed by atoms with E-state index in [0.717, 1.165) is 17.4 Å². The van der Waals surface area contributed by atoms with Crippen LogP contribution in [0.5, 0.6) is 0 Å². The van der Waals surface area contributed by atoms with Crippen molar-refractivity contribution in [2.24, 2.45) is 0 Å². The molecule has 2 atom stereocenters. The van der Waals surface area contributed by atoms with Crippen LogP contribution in [-0.4, -0.2) is 17.5 Å². The third-order valence-electron chi connectivity index (χ3n) is 3.37. The van der Waals surface area contributed by atoms with Gasteiger partial charge in [-0.15, -0.1) is 0 Å².